The molecule has 2 atom stereocenters. The molecule has 16 heavy (non-hydrogen) atoms. The average Bonchev–Trinajstić information content (AvgIpc) is 2.27. The Bertz CT molecular complexity index is 231. The highest BCUT2D eigenvalue weighted by Crippen LogP contribution is 2.19. The van der Waals surface area contributed by atoms with E-state index in [1.165, 1.54) is 17.8 Å². The quantitative estimate of drug-likeness (QED) is 0.477. The van der Waals surface area contributed by atoms with Gasteiger partial charge in [-0.05, 0) is 19.9 Å². The molecule has 0 unspecified atom stereocenters. The molecule has 0 aliphatic heterocycles. The fourth-order valence-electron chi connectivity index (χ4n) is 1.23. The normalized spacial score (nSPS) is 14.1. The van der Waals surface area contributed by atoms with Gasteiger partial charge in [-0.25, -0.2) is 0 Å². The van der Waals surface area contributed by atoms with Gasteiger partial charge in [0, 0.05) is 12.3 Å². The number of allylic oxidation sites excluding steroid dienone is 1. The van der Waals surface area contributed by atoms with Crippen molar-refractivity contribution >= 4 is 16.9 Å². The molecule has 0 saturated carbocycles. The summed E-state index contributed by atoms with van der Waals surface area (Å²) < 4.78 is 0. The molecule has 0 heterocycles. The van der Waals surface area contributed by atoms with E-state index in [1.54, 1.807) is 6.08 Å². The van der Waals surface area contributed by atoms with Crippen molar-refractivity contribution in [1.82, 2.24) is 5.32 Å². The lowest BCUT2D eigenvalue weighted by atomic mass is 10.00. The van der Waals surface area contributed by atoms with Crippen LogP contribution in [0, 0.1) is 5.92 Å². The minimum absolute atomic E-state index is 0.0122. The summed E-state index contributed by atoms with van der Waals surface area (Å²) in [4.78, 5) is 11.7. The van der Waals surface area contributed by atoms with Crippen molar-refractivity contribution in [2.75, 3.05) is 19.3 Å². The fourth-order valence-corrected chi connectivity index (χ4v) is 2.18. The molecule has 0 spiro atoms. The fraction of sp³-hybridized carbons (Fsp3) is 0.583. The molecule has 0 aliphatic rings. The lowest BCUT2D eigenvalue weighted by molar-refractivity contribution is -0.115. The van der Waals surface area contributed by atoms with Crippen molar-refractivity contribution in [3.05, 3.63) is 25.3 Å². The van der Waals surface area contributed by atoms with E-state index < -0.39 is 12.0 Å². The molecular weight excluding hydrogens is 222 g/mol. The Kier molecular flexibility index (Phi) is 9.28. The first-order valence-corrected chi connectivity index (χ1v) is 6.38. The summed E-state index contributed by atoms with van der Waals surface area (Å²) in [5.74, 6) is 0.246. The predicted octanol–water partition coefficient (Wildman–Crippen LogP) is 1.59. The van der Waals surface area contributed by atoms with E-state index in [1.807, 2.05) is 7.05 Å². The first-order valence-electron chi connectivity index (χ1n) is 5.40. The molecule has 3 nitrogen and oxygen atoms in total. The van der Waals surface area contributed by atoms with Gasteiger partial charge in [-0.15, -0.1) is 13.2 Å². The third-order valence-corrected chi connectivity index (χ3v) is 3.17. The lowest BCUT2D eigenvalue weighted by Gasteiger charge is -2.17. The van der Waals surface area contributed by atoms with Gasteiger partial charge in [0.15, 0.2) is 5.12 Å². The number of hydrogen-bond donors (Lipinski definition) is 2. The van der Waals surface area contributed by atoms with E-state index in [0.29, 0.717) is 18.6 Å². The van der Waals surface area contributed by atoms with Crippen LogP contribution in [0.1, 0.15) is 12.8 Å². The first-order chi connectivity index (χ1) is 7.67. The van der Waals surface area contributed by atoms with E-state index >= 15 is 0 Å². The molecular formula is C12H21NO2S. The number of aliphatic hydroxyl groups is 1. The van der Waals surface area contributed by atoms with Crippen LogP contribution in [0.25, 0.3) is 0 Å². The first kappa shape index (κ1) is 15.4. The number of rotatable bonds is 9. The number of carbonyl (C=O) groups excluding carboxylic acids is 1. The summed E-state index contributed by atoms with van der Waals surface area (Å²) in [5, 5.41) is 12.8. The minimum atomic E-state index is -0.648. The highest BCUT2D eigenvalue weighted by atomic mass is 32.2. The summed E-state index contributed by atoms with van der Waals surface area (Å²) in [6.45, 7) is 7.97. The molecule has 0 radical (unpaired) electrons. The van der Waals surface area contributed by atoms with Gasteiger partial charge in [-0.1, -0.05) is 23.9 Å². The van der Waals surface area contributed by atoms with Gasteiger partial charge < -0.3 is 10.4 Å². The number of carbonyl (C=O) groups is 1. The van der Waals surface area contributed by atoms with Crippen LogP contribution in [0.15, 0.2) is 25.3 Å². The van der Waals surface area contributed by atoms with E-state index in [0.717, 1.165) is 6.54 Å². The second-order valence-corrected chi connectivity index (χ2v) is 4.57. The van der Waals surface area contributed by atoms with Crippen molar-refractivity contribution in [2.45, 2.75) is 18.9 Å². The Labute approximate surface area is 102 Å². The monoisotopic (exact) mass is 243 g/mol. The van der Waals surface area contributed by atoms with Crippen LogP contribution >= 0.6 is 11.8 Å². The molecule has 0 aromatic carbocycles. The minimum Gasteiger partial charge on any atom is -0.392 e. The molecule has 0 aromatic heterocycles. The second kappa shape index (κ2) is 9.63. The topological polar surface area (TPSA) is 49.3 Å². The maximum atomic E-state index is 11.7. The zero-order chi connectivity index (χ0) is 12.4. The third kappa shape index (κ3) is 6.10. The predicted molar refractivity (Wildman–Crippen MR) is 70.5 cm³/mol. The van der Waals surface area contributed by atoms with Gasteiger partial charge in [0.25, 0.3) is 0 Å². The SMILES string of the molecule is C=CCC[C@@H](O)[C@H](C=C)C(=O)SCCNC. The van der Waals surface area contributed by atoms with Crippen LogP contribution in [-0.4, -0.2) is 35.7 Å². The van der Waals surface area contributed by atoms with Crippen LogP contribution in [0.5, 0.6) is 0 Å². The highest BCUT2D eigenvalue weighted by molar-refractivity contribution is 8.13. The molecule has 0 bridgehead atoms. The van der Waals surface area contributed by atoms with Crippen molar-refractivity contribution in [1.29, 1.82) is 0 Å². The highest BCUT2D eigenvalue weighted by Gasteiger charge is 2.23. The summed E-state index contributed by atoms with van der Waals surface area (Å²) >= 11 is 1.24. The van der Waals surface area contributed by atoms with E-state index in [2.05, 4.69) is 18.5 Å². The van der Waals surface area contributed by atoms with Crippen molar-refractivity contribution in [3.8, 4) is 0 Å². The standard InChI is InChI=1S/C12H21NO2S/c1-4-6-7-11(14)10(5-2)12(15)16-9-8-13-3/h4-5,10-11,13-14H,1-2,6-9H2,3H3/t10-,11+/m0/s1. The maximum Gasteiger partial charge on any atom is 0.198 e. The van der Waals surface area contributed by atoms with E-state index in [9.17, 15) is 9.90 Å². The Morgan fingerprint density at radius 2 is 2.25 bits per heavy atom. The van der Waals surface area contributed by atoms with Crippen LogP contribution in [-0.2, 0) is 4.79 Å². The summed E-state index contributed by atoms with van der Waals surface area (Å²) in [7, 11) is 1.84. The van der Waals surface area contributed by atoms with Crippen molar-refractivity contribution in [2.24, 2.45) is 5.92 Å². The van der Waals surface area contributed by atoms with Gasteiger partial charge >= 0.3 is 0 Å². The number of nitrogens with one attached hydrogen (secondary N) is 1. The van der Waals surface area contributed by atoms with Crippen molar-refractivity contribution in [3.63, 3.8) is 0 Å². The smallest absolute Gasteiger partial charge is 0.198 e. The molecule has 0 saturated heterocycles. The summed E-state index contributed by atoms with van der Waals surface area (Å²) in [6.07, 6.45) is 3.88. The molecule has 0 aliphatic carbocycles. The van der Waals surface area contributed by atoms with Crippen molar-refractivity contribution < 1.29 is 9.90 Å². The molecule has 0 fully saturated rings. The van der Waals surface area contributed by atoms with Crippen LogP contribution < -0.4 is 5.32 Å². The molecule has 0 amide bonds. The van der Waals surface area contributed by atoms with Crippen LogP contribution in [0.2, 0.25) is 0 Å². The second-order valence-electron chi connectivity index (χ2n) is 3.47. The average molecular weight is 243 g/mol. The number of hydrogen-bond acceptors (Lipinski definition) is 4. The Morgan fingerprint density at radius 1 is 1.56 bits per heavy atom. The maximum absolute atomic E-state index is 11.7. The van der Waals surface area contributed by atoms with Gasteiger partial charge in [-0.3, -0.25) is 4.79 Å². The largest absolute Gasteiger partial charge is 0.392 e. The van der Waals surface area contributed by atoms with Gasteiger partial charge in [0.05, 0.1) is 12.0 Å². The van der Waals surface area contributed by atoms with E-state index in [4.69, 9.17) is 0 Å². The molecule has 2 N–H and O–H groups in total. The molecule has 4 heteroatoms. The number of aliphatic hydroxyl groups excluding tert-OH is 1. The molecule has 0 aromatic rings. The van der Waals surface area contributed by atoms with Gasteiger partial charge in [0.2, 0.25) is 0 Å². The zero-order valence-electron chi connectivity index (χ0n) is 9.82. The third-order valence-electron chi connectivity index (χ3n) is 2.20. The molecule has 92 valence electrons. The Hall–Kier alpha value is -0.580. The summed E-state index contributed by atoms with van der Waals surface area (Å²) in [6, 6.07) is 0. The lowest BCUT2D eigenvalue weighted by Crippen LogP contribution is -2.25. The van der Waals surface area contributed by atoms with E-state index in [-0.39, 0.29) is 5.12 Å². The molecule has 0 rings (SSSR count). The van der Waals surface area contributed by atoms with Crippen LogP contribution in [0.3, 0.4) is 0 Å². The van der Waals surface area contributed by atoms with Gasteiger partial charge in [0.1, 0.15) is 0 Å². The number of thioether (sulfide) groups is 1. The zero-order valence-corrected chi connectivity index (χ0v) is 10.6. The Morgan fingerprint density at radius 3 is 2.75 bits per heavy atom. The van der Waals surface area contributed by atoms with Crippen LogP contribution in [0.4, 0.5) is 0 Å². The van der Waals surface area contributed by atoms with Gasteiger partial charge in [-0.2, -0.15) is 0 Å². The Balaban J connectivity index is 4.08. The summed E-state index contributed by atoms with van der Waals surface area (Å²) in [5.41, 5.74) is 0.